The number of aryl methyl sites for hydroxylation is 2. The molecule has 0 radical (unpaired) electrons. The lowest BCUT2D eigenvalue weighted by Gasteiger charge is -2.06. The van der Waals surface area contributed by atoms with Crippen LogP contribution in [0.1, 0.15) is 21.6 Å². The van der Waals surface area contributed by atoms with Crippen molar-refractivity contribution in [1.29, 1.82) is 0 Å². The Balaban J connectivity index is 2.23. The molecule has 0 aromatic carbocycles. The summed E-state index contributed by atoms with van der Waals surface area (Å²) in [4.78, 5) is 11.1. The second-order valence-corrected chi connectivity index (χ2v) is 3.72. The van der Waals surface area contributed by atoms with E-state index in [1.54, 1.807) is 26.5 Å². The molecule has 6 nitrogen and oxygen atoms in total. The molecule has 0 saturated heterocycles. The Morgan fingerprint density at radius 1 is 1.65 bits per heavy atom. The number of carboxylic acids is 1. The number of carbonyl (C=O) groups is 1. The number of hydrogen-bond donors (Lipinski definition) is 2. The summed E-state index contributed by atoms with van der Waals surface area (Å²) in [6, 6.07) is 1.82. The van der Waals surface area contributed by atoms with E-state index in [4.69, 9.17) is 9.52 Å². The summed E-state index contributed by atoms with van der Waals surface area (Å²) in [6.45, 7) is 2.17. The summed E-state index contributed by atoms with van der Waals surface area (Å²) in [5.41, 5.74) is 1.64. The Hall–Kier alpha value is -2.24. The van der Waals surface area contributed by atoms with Gasteiger partial charge in [0.25, 0.3) is 0 Å². The van der Waals surface area contributed by atoms with Gasteiger partial charge in [0.2, 0.25) is 0 Å². The number of carboxylic acid groups (broad SMARTS) is 1. The lowest BCUT2D eigenvalue weighted by Crippen LogP contribution is -2.08. The van der Waals surface area contributed by atoms with Gasteiger partial charge in [-0.3, -0.25) is 4.68 Å². The maximum atomic E-state index is 11.1. The van der Waals surface area contributed by atoms with Crippen LogP contribution in [0, 0.1) is 6.92 Å². The van der Waals surface area contributed by atoms with Crippen molar-refractivity contribution in [3.63, 3.8) is 0 Å². The minimum Gasteiger partial charge on any atom is -0.477 e. The van der Waals surface area contributed by atoms with Crippen LogP contribution in [0.25, 0.3) is 0 Å². The zero-order valence-electron chi connectivity index (χ0n) is 9.60. The van der Waals surface area contributed by atoms with Gasteiger partial charge in [0.05, 0.1) is 18.2 Å². The first kappa shape index (κ1) is 11.3. The van der Waals surface area contributed by atoms with E-state index in [-0.39, 0.29) is 5.56 Å². The van der Waals surface area contributed by atoms with Gasteiger partial charge in [-0.1, -0.05) is 0 Å². The molecule has 2 heterocycles. The maximum absolute atomic E-state index is 11.1. The van der Waals surface area contributed by atoms with Crippen molar-refractivity contribution in [3.8, 4) is 0 Å². The summed E-state index contributed by atoms with van der Waals surface area (Å²) in [7, 11) is 1.71. The number of hydrogen-bond acceptors (Lipinski definition) is 4. The smallest absolute Gasteiger partial charge is 0.341 e. The molecular weight excluding hydrogens is 222 g/mol. The van der Waals surface area contributed by atoms with E-state index in [2.05, 4.69) is 10.4 Å². The molecule has 0 bridgehead atoms. The Bertz CT molecular complexity index is 528. The van der Waals surface area contributed by atoms with Gasteiger partial charge in [0.15, 0.2) is 0 Å². The number of nitrogens with zero attached hydrogens (tertiary/aromatic N) is 2. The molecule has 0 fully saturated rings. The van der Waals surface area contributed by atoms with Crippen molar-refractivity contribution < 1.29 is 14.3 Å². The van der Waals surface area contributed by atoms with Crippen molar-refractivity contribution in [2.24, 2.45) is 7.05 Å². The van der Waals surface area contributed by atoms with Crippen LogP contribution in [-0.2, 0) is 13.6 Å². The maximum Gasteiger partial charge on any atom is 0.341 e. The fourth-order valence-corrected chi connectivity index (χ4v) is 1.70. The minimum atomic E-state index is -0.981. The van der Waals surface area contributed by atoms with Gasteiger partial charge in [0, 0.05) is 19.2 Å². The zero-order valence-corrected chi connectivity index (χ0v) is 9.60. The second kappa shape index (κ2) is 4.32. The van der Waals surface area contributed by atoms with Crippen molar-refractivity contribution in [2.75, 3.05) is 5.32 Å². The Morgan fingerprint density at radius 3 is 3.00 bits per heavy atom. The molecule has 0 aliphatic rings. The number of nitrogens with one attached hydrogen (secondary N) is 1. The first-order chi connectivity index (χ1) is 8.09. The summed E-state index contributed by atoms with van der Waals surface area (Å²) >= 11 is 0. The number of furan rings is 1. The lowest BCUT2D eigenvalue weighted by atomic mass is 10.2. The molecule has 0 aliphatic heterocycles. The highest BCUT2D eigenvalue weighted by Crippen LogP contribution is 2.19. The first-order valence-electron chi connectivity index (χ1n) is 5.11. The second-order valence-electron chi connectivity index (χ2n) is 3.72. The van der Waals surface area contributed by atoms with Crippen molar-refractivity contribution in [2.45, 2.75) is 13.5 Å². The van der Waals surface area contributed by atoms with E-state index in [1.165, 1.54) is 4.68 Å². The largest absolute Gasteiger partial charge is 0.477 e. The highest BCUT2D eigenvalue weighted by molar-refractivity contribution is 5.94. The number of aromatic nitrogens is 2. The Kier molecular flexibility index (Phi) is 2.86. The van der Waals surface area contributed by atoms with E-state index in [1.807, 2.05) is 6.07 Å². The highest BCUT2D eigenvalue weighted by Gasteiger charge is 2.19. The molecule has 0 amide bonds. The average molecular weight is 235 g/mol. The minimum absolute atomic E-state index is 0.205. The zero-order chi connectivity index (χ0) is 12.4. The van der Waals surface area contributed by atoms with Gasteiger partial charge in [-0.25, -0.2) is 4.79 Å². The highest BCUT2D eigenvalue weighted by atomic mass is 16.4. The van der Waals surface area contributed by atoms with Crippen LogP contribution < -0.4 is 5.32 Å². The van der Waals surface area contributed by atoms with Crippen LogP contribution >= 0.6 is 0 Å². The van der Waals surface area contributed by atoms with Crippen LogP contribution in [0.5, 0.6) is 0 Å². The monoisotopic (exact) mass is 235 g/mol. The van der Waals surface area contributed by atoms with E-state index >= 15 is 0 Å². The molecule has 0 unspecified atom stereocenters. The van der Waals surface area contributed by atoms with Gasteiger partial charge in [0.1, 0.15) is 11.4 Å². The summed E-state index contributed by atoms with van der Waals surface area (Å²) < 4.78 is 6.46. The van der Waals surface area contributed by atoms with E-state index < -0.39 is 5.97 Å². The predicted octanol–water partition coefficient (Wildman–Crippen LogP) is 1.63. The molecule has 0 spiro atoms. The molecule has 6 heteroatoms. The standard InChI is InChI=1S/C11H13N3O3/c1-7-9(11(15)16)10(14(2)13-7)12-5-8-3-4-17-6-8/h3-4,6,12H,5H2,1-2H3,(H,15,16). The van der Waals surface area contributed by atoms with Gasteiger partial charge in [-0.05, 0) is 13.0 Å². The van der Waals surface area contributed by atoms with Gasteiger partial charge < -0.3 is 14.8 Å². The first-order valence-corrected chi connectivity index (χ1v) is 5.11. The van der Waals surface area contributed by atoms with Crippen molar-refractivity contribution in [1.82, 2.24) is 9.78 Å². The van der Waals surface area contributed by atoms with E-state index in [9.17, 15) is 4.79 Å². The molecule has 0 atom stereocenters. The van der Waals surface area contributed by atoms with Crippen molar-refractivity contribution >= 4 is 11.8 Å². The van der Waals surface area contributed by atoms with Crippen LogP contribution in [0.2, 0.25) is 0 Å². The third-order valence-electron chi connectivity index (χ3n) is 2.48. The molecule has 2 aromatic heterocycles. The molecule has 17 heavy (non-hydrogen) atoms. The molecule has 2 aromatic rings. The lowest BCUT2D eigenvalue weighted by molar-refractivity contribution is 0.0697. The van der Waals surface area contributed by atoms with Crippen LogP contribution in [-0.4, -0.2) is 20.9 Å². The van der Waals surface area contributed by atoms with Gasteiger partial charge in [-0.15, -0.1) is 0 Å². The van der Waals surface area contributed by atoms with E-state index in [0.717, 1.165) is 5.56 Å². The average Bonchev–Trinajstić information content (AvgIpc) is 2.83. The molecule has 2 N–H and O–H groups in total. The fourth-order valence-electron chi connectivity index (χ4n) is 1.70. The van der Waals surface area contributed by atoms with Gasteiger partial charge >= 0.3 is 5.97 Å². The number of aromatic carboxylic acids is 1. The van der Waals surface area contributed by atoms with Crippen LogP contribution in [0.15, 0.2) is 23.0 Å². The Labute approximate surface area is 97.9 Å². The third-order valence-corrected chi connectivity index (χ3v) is 2.48. The van der Waals surface area contributed by atoms with Crippen LogP contribution in [0.4, 0.5) is 5.82 Å². The molecule has 2 rings (SSSR count). The quantitative estimate of drug-likeness (QED) is 0.841. The molecule has 90 valence electrons. The molecular formula is C11H13N3O3. The topological polar surface area (TPSA) is 80.3 Å². The summed E-state index contributed by atoms with van der Waals surface area (Å²) in [5.74, 6) is -0.485. The van der Waals surface area contributed by atoms with Crippen molar-refractivity contribution in [3.05, 3.63) is 35.4 Å². The number of anilines is 1. The SMILES string of the molecule is Cc1nn(C)c(NCc2ccoc2)c1C(=O)O. The van der Waals surface area contributed by atoms with Gasteiger partial charge in [-0.2, -0.15) is 5.10 Å². The predicted molar refractivity (Wildman–Crippen MR) is 60.9 cm³/mol. The summed E-state index contributed by atoms with van der Waals surface area (Å²) in [6.07, 6.45) is 3.18. The number of rotatable bonds is 4. The summed E-state index contributed by atoms with van der Waals surface area (Å²) in [5, 5.41) is 16.2. The van der Waals surface area contributed by atoms with Crippen LogP contribution in [0.3, 0.4) is 0 Å². The fraction of sp³-hybridized carbons (Fsp3) is 0.273. The molecule has 0 saturated carbocycles. The normalized spacial score (nSPS) is 10.5. The third kappa shape index (κ3) is 2.15. The molecule has 0 aliphatic carbocycles. The Morgan fingerprint density at radius 2 is 2.41 bits per heavy atom. The van der Waals surface area contributed by atoms with E-state index in [0.29, 0.717) is 18.1 Å².